The van der Waals surface area contributed by atoms with Crippen LogP contribution in [0.2, 0.25) is 0 Å². The van der Waals surface area contributed by atoms with Crippen LogP contribution < -0.4 is 0 Å². The van der Waals surface area contributed by atoms with E-state index in [0.29, 0.717) is 44.4 Å². The van der Waals surface area contributed by atoms with Gasteiger partial charge < -0.3 is 19.2 Å². The zero-order valence-corrected chi connectivity index (χ0v) is 18.3. The van der Waals surface area contributed by atoms with Crippen LogP contribution in [0.25, 0.3) is 0 Å². The Kier molecular flexibility index (Phi) is 5.21. The molecule has 0 spiro atoms. The van der Waals surface area contributed by atoms with Gasteiger partial charge >= 0.3 is 5.97 Å². The number of carbonyl (C=O) groups is 2. The third-order valence-electron chi connectivity index (χ3n) is 8.42. The molecule has 1 saturated carbocycles. The van der Waals surface area contributed by atoms with E-state index in [1.165, 1.54) is 11.8 Å². The van der Waals surface area contributed by atoms with Gasteiger partial charge in [0.2, 0.25) is 0 Å². The third-order valence-corrected chi connectivity index (χ3v) is 8.42. The van der Waals surface area contributed by atoms with E-state index in [2.05, 4.69) is 24.8 Å². The molecule has 4 aliphatic rings. The van der Waals surface area contributed by atoms with Crippen molar-refractivity contribution in [1.82, 2.24) is 9.80 Å². The van der Waals surface area contributed by atoms with E-state index in [9.17, 15) is 14.7 Å². The maximum Gasteiger partial charge on any atom is 0.311 e. The predicted molar refractivity (Wildman–Crippen MR) is 113 cm³/mol. The van der Waals surface area contributed by atoms with Crippen molar-refractivity contribution in [1.29, 1.82) is 0 Å². The van der Waals surface area contributed by atoms with E-state index < -0.39 is 6.10 Å². The lowest BCUT2D eigenvalue weighted by Crippen LogP contribution is -2.55. The second kappa shape index (κ2) is 7.78. The minimum absolute atomic E-state index is 0.0915. The number of allylic oxidation sites excluding steroid dienone is 1. The third kappa shape index (κ3) is 3.33. The number of nitrogens with zero attached hydrogens (tertiary/aromatic N) is 2. The molecule has 0 unspecified atom stereocenters. The molecule has 3 fully saturated rings. The summed E-state index contributed by atoms with van der Waals surface area (Å²) in [6.45, 7) is 7.55. The van der Waals surface area contributed by atoms with Gasteiger partial charge in [0.25, 0.3) is 5.91 Å². The van der Waals surface area contributed by atoms with Gasteiger partial charge in [-0.3, -0.25) is 14.5 Å². The van der Waals surface area contributed by atoms with Gasteiger partial charge in [-0.05, 0) is 30.9 Å². The molecule has 2 saturated heterocycles. The van der Waals surface area contributed by atoms with E-state index >= 15 is 0 Å². The van der Waals surface area contributed by atoms with Gasteiger partial charge in [-0.2, -0.15) is 0 Å². The molecule has 0 bridgehead atoms. The summed E-state index contributed by atoms with van der Waals surface area (Å²) >= 11 is 0. The Morgan fingerprint density at radius 3 is 2.77 bits per heavy atom. The highest BCUT2D eigenvalue weighted by molar-refractivity contribution is 5.91. The summed E-state index contributed by atoms with van der Waals surface area (Å²) in [6.07, 6.45) is 5.82. The largest absolute Gasteiger partial charge is 0.461 e. The van der Waals surface area contributed by atoms with Crippen molar-refractivity contribution in [3.05, 3.63) is 35.8 Å². The number of furan rings is 1. The highest BCUT2D eigenvalue weighted by Crippen LogP contribution is 2.56. The van der Waals surface area contributed by atoms with Gasteiger partial charge in [0.15, 0.2) is 5.76 Å². The highest BCUT2D eigenvalue weighted by Gasteiger charge is 2.59. The fourth-order valence-corrected chi connectivity index (χ4v) is 6.24. The Labute approximate surface area is 183 Å². The molecule has 7 nitrogen and oxygen atoms in total. The Bertz CT molecular complexity index is 873. The van der Waals surface area contributed by atoms with Crippen molar-refractivity contribution < 1.29 is 23.8 Å². The van der Waals surface area contributed by atoms with Crippen LogP contribution in [0.15, 0.2) is 34.5 Å². The molecule has 1 N–H and O–H groups in total. The van der Waals surface area contributed by atoms with Crippen molar-refractivity contribution in [3.63, 3.8) is 0 Å². The number of hydrogen-bond donors (Lipinski definition) is 1. The second-order valence-corrected chi connectivity index (χ2v) is 9.87. The average molecular weight is 429 g/mol. The lowest BCUT2D eigenvalue weighted by atomic mass is 9.55. The van der Waals surface area contributed by atoms with E-state index in [4.69, 9.17) is 9.15 Å². The Hall–Kier alpha value is -2.12. The summed E-state index contributed by atoms with van der Waals surface area (Å²) in [5.74, 6) is -0.0154. The van der Waals surface area contributed by atoms with Gasteiger partial charge in [0.1, 0.15) is 6.10 Å². The van der Waals surface area contributed by atoms with E-state index in [0.717, 1.165) is 19.3 Å². The summed E-state index contributed by atoms with van der Waals surface area (Å²) in [5.41, 5.74) is 0.985. The molecule has 7 heteroatoms. The van der Waals surface area contributed by atoms with Crippen LogP contribution in [-0.4, -0.2) is 71.7 Å². The second-order valence-electron chi connectivity index (χ2n) is 9.87. The lowest BCUT2D eigenvalue weighted by Gasteiger charge is -2.52. The van der Waals surface area contributed by atoms with E-state index in [-0.39, 0.29) is 35.2 Å². The molecule has 1 aromatic heterocycles. The standard InChI is InChI=1S/C24H32N2O5/c1-15-5-3-6-16-13-19-20(21(27)24(15,16)2)17(23(29)31-19)14-25-8-10-26(11-9-25)22(28)18-7-4-12-30-18/h4,6-7,12,15,17,19-21,27H,3,5,8-11,13-14H2,1-2H3/t15-,17+,19+,20+,21-,24+/m0/s1. The maximum absolute atomic E-state index is 12.8. The van der Waals surface area contributed by atoms with Crippen LogP contribution in [0.4, 0.5) is 0 Å². The van der Waals surface area contributed by atoms with Gasteiger partial charge in [0, 0.05) is 50.5 Å². The Morgan fingerprint density at radius 1 is 1.29 bits per heavy atom. The molecule has 2 aliphatic heterocycles. The number of rotatable bonds is 3. The predicted octanol–water partition coefficient (Wildman–Crippen LogP) is 2.32. The molecule has 31 heavy (non-hydrogen) atoms. The van der Waals surface area contributed by atoms with Gasteiger partial charge in [-0.25, -0.2) is 0 Å². The molecule has 168 valence electrons. The minimum Gasteiger partial charge on any atom is -0.461 e. The summed E-state index contributed by atoms with van der Waals surface area (Å²) < 4.78 is 11.0. The number of aliphatic hydroxyl groups excluding tert-OH is 1. The topological polar surface area (TPSA) is 83.2 Å². The highest BCUT2D eigenvalue weighted by atomic mass is 16.6. The van der Waals surface area contributed by atoms with Crippen molar-refractivity contribution in [2.24, 2.45) is 23.2 Å². The molecule has 3 heterocycles. The number of piperazine rings is 1. The van der Waals surface area contributed by atoms with Crippen LogP contribution in [0.1, 0.15) is 43.7 Å². The van der Waals surface area contributed by atoms with Gasteiger partial charge in [-0.15, -0.1) is 0 Å². The van der Waals surface area contributed by atoms with Crippen LogP contribution >= 0.6 is 0 Å². The monoisotopic (exact) mass is 428 g/mol. The number of amides is 1. The molecule has 1 amide bonds. The van der Waals surface area contributed by atoms with E-state index in [1.807, 2.05) is 0 Å². The number of fused-ring (bicyclic) bond motifs is 2. The van der Waals surface area contributed by atoms with Gasteiger partial charge in [0.05, 0.1) is 18.3 Å². The van der Waals surface area contributed by atoms with Crippen LogP contribution in [-0.2, 0) is 9.53 Å². The molecular weight excluding hydrogens is 396 g/mol. The summed E-state index contributed by atoms with van der Waals surface area (Å²) in [5, 5.41) is 11.5. The summed E-state index contributed by atoms with van der Waals surface area (Å²) in [7, 11) is 0. The number of esters is 1. The maximum atomic E-state index is 12.8. The molecular formula is C24H32N2O5. The molecule has 0 aromatic carbocycles. The number of carbonyl (C=O) groups excluding carboxylic acids is 2. The number of ether oxygens (including phenoxy) is 1. The summed E-state index contributed by atoms with van der Waals surface area (Å²) in [4.78, 5) is 29.3. The fourth-order valence-electron chi connectivity index (χ4n) is 6.24. The molecule has 0 radical (unpaired) electrons. The summed E-state index contributed by atoms with van der Waals surface area (Å²) in [6, 6.07) is 3.40. The Balaban J connectivity index is 1.26. The van der Waals surface area contributed by atoms with Gasteiger partial charge in [-0.1, -0.05) is 25.5 Å². The average Bonchev–Trinajstić information content (AvgIpc) is 3.39. The quantitative estimate of drug-likeness (QED) is 0.588. The van der Waals surface area contributed by atoms with Crippen LogP contribution in [0, 0.1) is 23.2 Å². The molecule has 6 atom stereocenters. The molecule has 1 aromatic rings. The fraction of sp³-hybridized carbons (Fsp3) is 0.667. The van der Waals surface area contributed by atoms with Crippen molar-refractivity contribution in [2.45, 2.75) is 45.3 Å². The smallest absolute Gasteiger partial charge is 0.311 e. The first-order chi connectivity index (χ1) is 14.9. The Morgan fingerprint density at radius 2 is 2.06 bits per heavy atom. The first kappa shape index (κ1) is 20.8. The van der Waals surface area contributed by atoms with Crippen molar-refractivity contribution in [2.75, 3.05) is 32.7 Å². The first-order valence-electron chi connectivity index (χ1n) is 11.5. The number of hydrogen-bond acceptors (Lipinski definition) is 6. The zero-order valence-electron chi connectivity index (χ0n) is 18.3. The SMILES string of the molecule is C[C@H]1CCC=C2C[C@H]3OC(=O)[C@H](CN4CCN(C(=O)c5ccco5)CC4)[C@H]3[C@H](O)[C@@]21C. The first-order valence-corrected chi connectivity index (χ1v) is 11.5. The normalized spacial score (nSPS) is 38.3. The van der Waals surface area contributed by atoms with Crippen LogP contribution in [0.3, 0.4) is 0 Å². The van der Waals surface area contributed by atoms with Crippen molar-refractivity contribution >= 4 is 11.9 Å². The minimum atomic E-state index is -0.578. The lowest BCUT2D eigenvalue weighted by molar-refractivity contribution is -0.145. The van der Waals surface area contributed by atoms with Crippen molar-refractivity contribution in [3.8, 4) is 0 Å². The number of aliphatic hydroxyl groups is 1. The van der Waals surface area contributed by atoms with E-state index in [1.54, 1.807) is 17.0 Å². The zero-order chi connectivity index (χ0) is 21.8. The van der Waals surface area contributed by atoms with Crippen LogP contribution in [0.5, 0.6) is 0 Å². The molecule has 5 rings (SSSR count). The molecule has 2 aliphatic carbocycles.